The van der Waals surface area contributed by atoms with E-state index < -0.39 is 11.2 Å². The number of nitrogens with one attached hydrogen (secondary N) is 1. The van der Waals surface area contributed by atoms with Crippen molar-refractivity contribution in [3.05, 3.63) is 110 Å². The van der Waals surface area contributed by atoms with E-state index in [1.54, 1.807) is 38.5 Å². The predicted octanol–water partition coefficient (Wildman–Crippen LogP) is 3.92. The fourth-order valence-electron chi connectivity index (χ4n) is 3.44. The van der Waals surface area contributed by atoms with Crippen LogP contribution in [-0.2, 0) is 13.1 Å². The molecule has 0 fully saturated rings. The Morgan fingerprint density at radius 2 is 1.47 bits per heavy atom. The molecule has 2 heterocycles. The number of ether oxygens (including phenoxy) is 2. The maximum absolute atomic E-state index is 13.3. The molecule has 34 heavy (non-hydrogen) atoms. The molecule has 0 saturated heterocycles. The van der Waals surface area contributed by atoms with Crippen LogP contribution in [0, 0.1) is 0 Å². The fraction of sp³-hybridized carbons (Fsp3) is 0.160. The van der Waals surface area contributed by atoms with E-state index in [0.29, 0.717) is 16.6 Å². The Morgan fingerprint density at radius 3 is 2.03 bits per heavy atom. The van der Waals surface area contributed by atoms with E-state index >= 15 is 0 Å². The van der Waals surface area contributed by atoms with Gasteiger partial charge >= 0.3 is 5.69 Å². The van der Waals surface area contributed by atoms with Crippen LogP contribution in [0.3, 0.4) is 0 Å². The van der Waals surface area contributed by atoms with Gasteiger partial charge in [-0.05, 0) is 47.5 Å². The third-order valence-corrected chi connectivity index (χ3v) is 5.47. The molecular weight excluding hydrogens is 456 g/mol. The number of halogens is 1. The molecule has 0 aliphatic heterocycles. The Labute approximate surface area is 201 Å². The summed E-state index contributed by atoms with van der Waals surface area (Å²) < 4.78 is 13.1. The van der Waals surface area contributed by atoms with E-state index in [1.165, 1.54) is 21.5 Å². The van der Waals surface area contributed by atoms with Gasteiger partial charge in [0.15, 0.2) is 0 Å². The van der Waals surface area contributed by atoms with Crippen LogP contribution in [-0.4, -0.2) is 28.3 Å². The standard InChI is InChI=1S/C25H23ClN4O4/c1-33-20-7-3-17(4-8-20)14-29-16-22(28-23-13-19(26)11-12-27-23)24(31)30(25(29)32)15-18-5-9-21(34-2)10-6-18/h3-13,16H,14-15H2,1-2H3,(H,27,28). The molecule has 9 heteroatoms. The van der Waals surface area contributed by atoms with Crippen LogP contribution in [0.15, 0.2) is 82.6 Å². The lowest BCUT2D eigenvalue weighted by molar-refractivity contribution is 0.414. The van der Waals surface area contributed by atoms with Gasteiger partial charge in [0.1, 0.15) is 23.0 Å². The number of aromatic nitrogens is 3. The van der Waals surface area contributed by atoms with Gasteiger partial charge in [-0.2, -0.15) is 0 Å². The van der Waals surface area contributed by atoms with Crippen molar-refractivity contribution in [2.24, 2.45) is 0 Å². The van der Waals surface area contributed by atoms with E-state index in [4.69, 9.17) is 21.1 Å². The zero-order valence-corrected chi connectivity index (χ0v) is 19.5. The van der Waals surface area contributed by atoms with Gasteiger partial charge in [-0.3, -0.25) is 13.9 Å². The van der Waals surface area contributed by atoms with Gasteiger partial charge in [0.2, 0.25) is 0 Å². The number of hydrogen-bond donors (Lipinski definition) is 1. The van der Waals surface area contributed by atoms with E-state index in [-0.39, 0.29) is 18.8 Å². The Hall–Kier alpha value is -4.04. The maximum Gasteiger partial charge on any atom is 0.331 e. The first-order valence-corrected chi connectivity index (χ1v) is 10.8. The summed E-state index contributed by atoms with van der Waals surface area (Å²) in [6, 6.07) is 17.8. The highest BCUT2D eigenvalue weighted by Gasteiger charge is 2.14. The van der Waals surface area contributed by atoms with Crippen LogP contribution in [0.4, 0.5) is 11.5 Å². The molecule has 4 aromatic rings. The zero-order chi connectivity index (χ0) is 24.1. The van der Waals surface area contributed by atoms with Crippen molar-refractivity contribution in [1.82, 2.24) is 14.1 Å². The number of methoxy groups -OCH3 is 2. The van der Waals surface area contributed by atoms with Gasteiger partial charge in [-0.1, -0.05) is 35.9 Å². The summed E-state index contributed by atoms with van der Waals surface area (Å²) in [6.45, 7) is 0.367. The second kappa shape index (κ2) is 10.3. The summed E-state index contributed by atoms with van der Waals surface area (Å²) in [6.07, 6.45) is 3.04. The van der Waals surface area contributed by atoms with Gasteiger partial charge in [-0.15, -0.1) is 0 Å². The largest absolute Gasteiger partial charge is 0.497 e. The second-order valence-corrected chi connectivity index (χ2v) is 7.96. The Balaban J connectivity index is 1.76. The summed E-state index contributed by atoms with van der Waals surface area (Å²) in [5.41, 5.74) is 0.976. The molecule has 0 aliphatic rings. The average Bonchev–Trinajstić information content (AvgIpc) is 2.85. The van der Waals surface area contributed by atoms with Crippen molar-refractivity contribution in [3.63, 3.8) is 0 Å². The third-order valence-electron chi connectivity index (χ3n) is 5.23. The molecule has 4 rings (SSSR count). The van der Waals surface area contributed by atoms with Gasteiger partial charge in [0.25, 0.3) is 5.56 Å². The van der Waals surface area contributed by atoms with E-state index in [9.17, 15) is 9.59 Å². The van der Waals surface area contributed by atoms with E-state index in [0.717, 1.165) is 16.9 Å². The molecule has 2 aromatic carbocycles. The van der Waals surface area contributed by atoms with Gasteiger partial charge in [-0.25, -0.2) is 9.78 Å². The monoisotopic (exact) mass is 478 g/mol. The lowest BCUT2D eigenvalue weighted by Gasteiger charge is -2.15. The van der Waals surface area contributed by atoms with Crippen LogP contribution < -0.4 is 26.0 Å². The van der Waals surface area contributed by atoms with Crippen molar-refractivity contribution < 1.29 is 9.47 Å². The summed E-state index contributed by atoms with van der Waals surface area (Å²) in [4.78, 5) is 30.8. The minimum atomic E-state index is -0.464. The molecule has 174 valence electrons. The molecule has 0 aliphatic carbocycles. The highest BCUT2D eigenvalue weighted by molar-refractivity contribution is 6.30. The molecule has 0 spiro atoms. The quantitative estimate of drug-likeness (QED) is 0.413. The Bertz CT molecular complexity index is 1400. The van der Waals surface area contributed by atoms with Crippen LogP contribution in [0.2, 0.25) is 5.02 Å². The summed E-state index contributed by atoms with van der Waals surface area (Å²) >= 11 is 6.06. The van der Waals surface area contributed by atoms with Gasteiger partial charge in [0, 0.05) is 17.4 Å². The highest BCUT2D eigenvalue weighted by Crippen LogP contribution is 2.17. The lowest BCUT2D eigenvalue weighted by Crippen LogP contribution is -2.41. The molecule has 0 radical (unpaired) electrons. The molecule has 2 aromatic heterocycles. The number of rotatable bonds is 8. The molecular formula is C25H23ClN4O4. The number of hydrogen-bond acceptors (Lipinski definition) is 6. The minimum Gasteiger partial charge on any atom is -0.497 e. The summed E-state index contributed by atoms with van der Waals surface area (Å²) in [5, 5.41) is 3.48. The summed E-state index contributed by atoms with van der Waals surface area (Å²) in [7, 11) is 3.17. The molecule has 0 bridgehead atoms. The first-order chi connectivity index (χ1) is 16.5. The zero-order valence-electron chi connectivity index (χ0n) is 18.7. The van der Waals surface area contributed by atoms with Gasteiger partial charge in [0.05, 0.1) is 27.3 Å². The fourth-order valence-corrected chi connectivity index (χ4v) is 3.60. The smallest absolute Gasteiger partial charge is 0.331 e. The van der Waals surface area contributed by atoms with Crippen molar-refractivity contribution >= 4 is 23.1 Å². The third kappa shape index (κ3) is 5.29. The molecule has 0 saturated carbocycles. The molecule has 0 amide bonds. The van der Waals surface area contributed by atoms with Crippen LogP contribution >= 0.6 is 11.6 Å². The Kier molecular flexibility index (Phi) is 6.98. The Morgan fingerprint density at radius 1 is 0.882 bits per heavy atom. The lowest BCUT2D eigenvalue weighted by atomic mass is 10.2. The van der Waals surface area contributed by atoms with Crippen LogP contribution in [0.1, 0.15) is 11.1 Å². The van der Waals surface area contributed by atoms with Crippen LogP contribution in [0.5, 0.6) is 11.5 Å². The minimum absolute atomic E-state index is 0.1000. The van der Waals surface area contributed by atoms with Crippen LogP contribution in [0.25, 0.3) is 0 Å². The molecule has 8 nitrogen and oxygen atoms in total. The predicted molar refractivity (Wildman–Crippen MR) is 132 cm³/mol. The van der Waals surface area contributed by atoms with E-state index in [2.05, 4.69) is 10.3 Å². The number of pyridine rings is 1. The molecule has 0 unspecified atom stereocenters. The first-order valence-electron chi connectivity index (χ1n) is 10.5. The van der Waals surface area contributed by atoms with Crippen molar-refractivity contribution in [1.29, 1.82) is 0 Å². The SMILES string of the molecule is COc1ccc(Cn2cc(Nc3cc(Cl)ccn3)c(=O)n(Cc3ccc(OC)cc3)c2=O)cc1. The molecule has 1 N–H and O–H groups in total. The van der Waals surface area contributed by atoms with Crippen molar-refractivity contribution in [2.75, 3.05) is 19.5 Å². The maximum atomic E-state index is 13.3. The number of benzene rings is 2. The summed E-state index contributed by atoms with van der Waals surface area (Å²) in [5.74, 6) is 1.81. The normalized spacial score (nSPS) is 10.7. The second-order valence-electron chi connectivity index (χ2n) is 7.52. The first kappa shape index (κ1) is 23.1. The molecule has 0 atom stereocenters. The highest BCUT2D eigenvalue weighted by atomic mass is 35.5. The van der Waals surface area contributed by atoms with Crippen molar-refractivity contribution in [3.8, 4) is 11.5 Å². The average molecular weight is 479 g/mol. The van der Waals surface area contributed by atoms with Gasteiger partial charge < -0.3 is 14.8 Å². The van der Waals surface area contributed by atoms with E-state index in [1.807, 2.05) is 36.4 Å². The topological polar surface area (TPSA) is 87.4 Å². The number of nitrogens with zero attached hydrogens (tertiary/aromatic N) is 3. The van der Waals surface area contributed by atoms with Crippen molar-refractivity contribution in [2.45, 2.75) is 13.1 Å². The number of anilines is 2.